The summed E-state index contributed by atoms with van der Waals surface area (Å²) in [4.78, 5) is 18.7. The van der Waals surface area contributed by atoms with Gasteiger partial charge in [-0.2, -0.15) is 26.3 Å². The Hall–Kier alpha value is -1.74. The lowest BCUT2D eigenvalue weighted by atomic mass is 9.93. The summed E-state index contributed by atoms with van der Waals surface area (Å²) in [5.74, 6) is -1.34. The van der Waals surface area contributed by atoms with Gasteiger partial charge in [-0.25, -0.2) is 0 Å². The molecule has 0 bridgehead atoms. The Morgan fingerprint density at radius 2 is 1.74 bits per heavy atom. The second kappa shape index (κ2) is 13.5. The predicted molar refractivity (Wildman–Crippen MR) is 149 cm³/mol. The van der Waals surface area contributed by atoms with Gasteiger partial charge in [0.2, 0.25) is 0 Å². The van der Waals surface area contributed by atoms with Crippen molar-refractivity contribution in [2.24, 2.45) is 0 Å². The first-order chi connectivity index (χ1) is 19.7. The molecule has 232 valence electrons. The number of halogens is 8. The average Bonchev–Trinajstić information content (AvgIpc) is 2.92. The average molecular weight is 661 g/mol. The SMILES string of the molecule is CN(C[C@@H](CCN1CCC1N1CCOCC1SO)c1ccc(Cl)c(Cl)c1)C(=O)c1cc(C(F)(F)F)cc(C(F)(F)F)c1. The monoisotopic (exact) mass is 659 g/mol. The summed E-state index contributed by atoms with van der Waals surface area (Å²) < 4.78 is 95.5. The van der Waals surface area contributed by atoms with E-state index in [4.69, 9.17) is 27.9 Å². The van der Waals surface area contributed by atoms with Crippen LogP contribution >= 0.6 is 35.2 Å². The van der Waals surface area contributed by atoms with Crippen LogP contribution in [-0.4, -0.2) is 83.1 Å². The minimum atomic E-state index is -5.07. The summed E-state index contributed by atoms with van der Waals surface area (Å²) in [6.45, 7) is 2.99. The molecule has 2 aromatic carbocycles. The number of ether oxygens (including phenoxy) is 1. The Morgan fingerprint density at radius 1 is 1.07 bits per heavy atom. The number of carbonyl (C=O) groups is 1. The number of amides is 1. The van der Waals surface area contributed by atoms with Crippen LogP contribution in [0.3, 0.4) is 0 Å². The minimum Gasteiger partial charge on any atom is -0.378 e. The zero-order chi connectivity index (χ0) is 30.8. The van der Waals surface area contributed by atoms with Crippen molar-refractivity contribution in [2.75, 3.05) is 46.4 Å². The number of likely N-dealkylation sites (tertiary alicyclic amines) is 1. The molecule has 4 rings (SSSR count). The van der Waals surface area contributed by atoms with Crippen molar-refractivity contribution in [1.29, 1.82) is 0 Å². The van der Waals surface area contributed by atoms with Crippen LogP contribution in [0.2, 0.25) is 10.0 Å². The summed E-state index contributed by atoms with van der Waals surface area (Å²) in [6.07, 6.45) is -8.66. The van der Waals surface area contributed by atoms with Crippen LogP contribution in [0.4, 0.5) is 26.3 Å². The van der Waals surface area contributed by atoms with E-state index in [9.17, 15) is 35.7 Å². The topological polar surface area (TPSA) is 56.3 Å². The molecule has 15 heteroatoms. The third-order valence-corrected chi connectivity index (χ3v) is 8.97. The summed E-state index contributed by atoms with van der Waals surface area (Å²) in [5.41, 5.74) is -3.10. The Morgan fingerprint density at radius 3 is 2.29 bits per heavy atom. The van der Waals surface area contributed by atoms with E-state index in [0.717, 1.165) is 35.5 Å². The van der Waals surface area contributed by atoms with Crippen molar-refractivity contribution in [3.8, 4) is 0 Å². The van der Waals surface area contributed by atoms with E-state index in [1.807, 2.05) is 0 Å². The molecular formula is C27H29Cl2F6N3O3S. The first-order valence-corrected chi connectivity index (χ1v) is 14.7. The van der Waals surface area contributed by atoms with Gasteiger partial charge < -0.3 is 14.2 Å². The van der Waals surface area contributed by atoms with Crippen LogP contribution in [0.25, 0.3) is 0 Å². The highest BCUT2D eigenvalue weighted by atomic mass is 35.5. The molecule has 42 heavy (non-hydrogen) atoms. The van der Waals surface area contributed by atoms with Crippen LogP contribution in [0, 0.1) is 0 Å². The van der Waals surface area contributed by atoms with Crippen molar-refractivity contribution in [1.82, 2.24) is 14.7 Å². The van der Waals surface area contributed by atoms with Crippen molar-refractivity contribution >= 4 is 41.2 Å². The van der Waals surface area contributed by atoms with E-state index < -0.39 is 35.0 Å². The zero-order valence-corrected chi connectivity index (χ0v) is 24.7. The molecule has 2 aromatic rings. The molecule has 3 atom stereocenters. The molecule has 2 aliphatic rings. The Labute approximate surface area is 253 Å². The van der Waals surface area contributed by atoms with E-state index in [0.29, 0.717) is 49.9 Å². The van der Waals surface area contributed by atoms with Gasteiger partial charge in [-0.05, 0) is 48.7 Å². The third kappa shape index (κ3) is 7.85. The number of nitrogens with zero attached hydrogens (tertiary/aromatic N) is 3. The lowest BCUT2D eigenvalue weighted by molar-refractivity contribution is -0.143. The Kier molecular flexibility index (Phi) is 10.7. The second-order valence-corrected chi connectivity index (χ2v) is 11.9. The number of morpholine rings is 1. The molecule has 0 radical (unpaired) electrons. The molecule has 6 nitrogen and oxygen atoms in total. The molecule has 2 saturated heterocycles. The molecule has 0 saturated carbocycles. The standard InChI is InChI=1S/C27H29Cl2F6N3O3S/c1-36(25(39)18-10-19(26(30,31)32)13-20(11-18)27(33,34)35)14-17(16-2-3-21(28)22(29)12-16)4-6-37-7-5-23(37)38-8-9-41-15-24(38)42-40/h2-3,10-13,17,23-24,40H,4-9,14-15H2,1H3/t17-,23?,24?/m1/s1. The van der Waals surface area contributed by atoms with E-state index >= 15 is 0 Å². The highest BCUT2D eigenvalue weighted by Crippen LogP contribution is 2.37. The number of carbonyl (C=O) groups excluding carboxylic acids is 1. The van der Waals surface area contributed by atoms with Crippen LogP contribution < -0.4 is 0 Å². The Balaban J connectivity index is 1.54. The van der Waals surface area contributed by atoms with Gasteiger partial charge in [0.25, 0.3) is 5.91 Å². The lowest BCUT2D eigenvalue weighted by Gasteiger charge is -2.51. The lowest BCUT2D eigenvalue weighted by Crippen LogP contribution is -2.62. The molecule has 2 heterocycles. The fraction of sp³-hybridized carbons (Fsp3) is 0.519. The number of likely N-dealkylation sites (N-methyl/N-ethyl adjacent to an activating group) is 1. The molecular weight excluding hydrogens is 631 g/mol. The van der Waals surface area contributed by atoms with E-state index in [1.54, 1.807) is 18.2 Å². The van der Waals surface area contributed by atoms with Crippen molar-refractivity contribution in [3.05, 3.63) is 68.7 Å². The summed E-state index contributed by atoms with van der Waals surface area (Å²) >= 11 is 13.1. The fourth-order valence-electron chi connectivity index (χ4n) is 5.25. The number of alkyl halides is 6. The highest BCUT2D eigenvalue weighted by Gasteiger charge is 2.40. The molecule has 0 spiro atoms. The summed E-state index contributed by atoms with van der Waals surface area (Å²) in [5, 5.41) is 0.393. The number of rotatable bonds is 9. The molecule has 1 amide bonds. The number of hydrogen-bond acceptors (Lipinski definition) is 6. The maximum atomic E-state index is 13.4. The highest BCUT2D eigenvalue weighted by molar-refractivity contribution is 7.94. The molecule has 2 aliphatic heterocycles. The normalized spacial score (nSPS) is 21.2. The Bertz CT molecular complexity index is 1240. The first kappa shape index (κ1) is 33.2. The van der Waals surface area contributed by atoms with Crippen LogP contribution in [-0.2, 0) is 17.1 Å². The second-order valence-electron chi connectivity index (χ2n) is 10.3. The molecule has 0 aromatic heterocycles. The number of benzene rings is 2. The van der Waals surface area contributed by atoms with Gasteiger partial charge in [0.05, 0.1) is 40.6 Å². The molecule has 2 unspecified atom stereocenters. The third-order valence-electron chi connectivity index (χ3n) is 7.58. The van der Waals surface area contributed by atoms with Crippen LogP contribution in [0.15, 0.2) is 36.4 Å². The summed E-state index contributed by atoms with van der Waals surface area (Å²) in [7, 11) is 1.34. The maximum absolute atomic E-state index is 13.4. The van der Waals surface area contributed by atoms with Gasteiger partial charge in [-0.15, -0.1) is 0 Å². The quantitative estimate of drug-likeness (QED) is 0.228. The van der Waals surface area contributed by atoms with Crippen molar-refractivity contribution in [2.45, 2.75) is 42.7 Å². The maximum Gasteiger partial charge on any atom is 0.416 e. The van der Waals surface area contributed by atoms with Gasteiger partial charge in [-0.1, -0.05) is 29.3 Å². The molecule has 1 N–H and O–H groups in total. The van der Waals surface area contributed by atoms with Crippen molar-refractivity contribution in [3.63, 3.8) is 0 Å². The predicted octanol–water partition coefficient (Wildman–Crippen LogP) is 7.17. The van der Waals surface area contributed by atoms with E-state index in [-0.39, 0.29) is 35.1 Å². The number of hydrogen-bond donors (Lipinski definition) is 1. The zero-order valence-electron chi connectivity index (χ0n) is 22.4. The van der Waals surface area contributed by atoms with E-state index in [1.165, 1.54) is 7.05 Å². The van der Waals surface area contributed by atoms with Gasteiger partial charge in [-0.3, -0.25) is 14.6 Å². The molecule has 0 aliphatic carbocycles. The molecule has 2 fully saturated rings. The van der Waals surface area contributed by atoms with Gasteiger partial charge in [0.15, 0.2) is 0 Å². The van der Waals surface area contributed by atoms with Crippen LogP contribution in [0.5, 0.6) is 0 Å². The summed E-state index contributed by atoms with van der Waals surface area (Å²) in [6, 6.07) is 5.84. The smallest absolute Gasteiger partial charge is 0.378 e. The van der Waals surface area contributed by atoms with Gasteiger partial charge >= 0.3 is 12.4 Å². The van der Waals surface area contributed by atoms with Crippen molar-refractivity contribution < 1.29 is 40.4 Å². The van der Waals surface area contributed by atoms with Crippen LogP contribution in [0.1, 0.15) is 45.8 Å². The minimum absolute atomic E-state index is 0.000428. The fourth-order valence-corrected chi connectivity index (χ4v) is 6.08. The van der Waals surface area contributed by atoms with Gasteiger partial charge in [0, 0.05) is 56.8 Å². The largest absolute Gasteiger partial charge is 0.416 e. The van der Waals surface area contributed by atoms with Gasteiger partial charge in [0.1, 0.15) is 5.37 Å². The first-order valence-electron chi connectivity index (χ1n) is 13.1. The van der Waals surface area contributed by atoms with E-state index in [2.05, 4.69) is 9.80 Å².